The van der Waals surface area contributed by atoms with Crippen LogP contribution >= 0.6 is 0 Å². The molecule has 1 atom stereocenters. The highest BCUT2D eigenvalue weighted by Crippen LogP contribution is 1.96. The smallest absolute Gasteiger partial charge is 0.237 e. The van der Waals surface area contributed by atoms with E-state index in [2.05, 4.69) is 16.0 Å². The lowest BCUT2D eigenvalue weighted by molar-refractivity contribution is -0.129. The lowest BCUT2D eigenvalue weighted by Crippen LogP contribution is -2.54. The standard InChI is InChI=1S/C10H19N3O2/c1-7(2)6-13-9(14)5-8-10(15)12-4-3-11-8/h7-8,11H,3-6H2,1-2H3,(H,12,15)(H,13,14)/t8-/m0/s1. The Morgan fingerprint density at radius 3 is 2.87 bits per heavy atom. The van der Waals surface area contributed by atoms with Gasteiger partial charge in [-0.2, -0.15) is 0 Å². The number of nitrogens with one attached hydrogen (secondary N) is 3. The van der Waals surface area contributed by atoms with Gasteiger partial charge < -0.3 is 16.0 Å². The van der Waals surface area contributed by atoms with Crippen LogP contribution < -0.4 is 16.0 Å². The van der Waals surface area contributed by atoms with Crippen molar-refractivity contribution in [2.45, 2.75) is 26.3 Å². The van der Waals surface area contributed by atoms with Crippen molar-refractivity contribution in [1.29, 1.82) is 0 Å². The quantitative estimate of drug-likeness (QED) is 0.575. The first-order valence-electron chi connectivity index (χ1n) is 5.37. The molecular weight excluding hydrogens is 194 g/mol. The third-order valence-corrected chi connectivity index (χ3v) is 2.23. The number of amides is 2. The van der Waals surface area contributed by atoms with Gasteiger partial charge in [0.15, 0.2) is 0 Å². The first-order valence-corrected chi connectivity index (χ1v) is 5.37. The van der Waals surface area contributed by atoms with E-state index in [9.17, 15) is 9.59 Å². The van der Waals surface area contributed by atoms with E-state index in [0.717, 1.165) is 6.54 Å². The molecule has 1 fully saturated rings. The molecule has 5 nitrogen and oxygen atoms in total. The van der Waals surface area contributed by atoms with Crippen molar-refractivity contribution in [3.8, 4) is 0 Å². The van der Waals surface area contributed by atoms with Gasteiger partial charge in [0, 0.05) is 19.6 Å². The fourth-order valence-corrected chi connectivity index (χ4v) is 1.39. The molecule has 0 saturated carbocycles. The second-order valence-electron chi connectivity index (χ2n) is 4.20. The summed E-state index contributed by atoms with van der Waals surface area (Å²) in [5.74, 6) is 0.279. The zero-order valence-electron chi connectivity index (χ0n) is 9.30. The maximum absolute atomic E-state index is 11.4. The van der Waals surface area contributed by atoms with Crippen LogP contribution in [0.5, 0.6) is 0 Å². The minimum absolute atomic E-state index is 0.0711. The summed E-state index contributed by atoms with van der Waals surface area (Å²) in [7, 11) is 0. The molecular formula is C10H19N3O2. The fraction of sp³-hybridized carbons (Fsp3) is 0.800. The molecule has 0 spiro atoms. The van der Waals surface area contributed by atoms with E-state index < -0.39 is 0 Å². The lowest BCUT2D eigenvalue weighted by Gasteiger charge is -2.23. The molecule has 0 aromatic heterocycles. The number of hydrogen-bond donors (Lipinski definition) is 3. The number of carbonyl (C=O) groups is 2. The van der Waals surface area contributed by atoms with Crippen molar-refractivity contribution >= 4 is 11.8 Å². The molecule has 0 radical (unpaired) electrons. The molecule has 5 heteroatoms. The third-order valence-electron chi connectivity index (χ3n) is 2.23. The number of hydrogen-bond acceptors (Lipinski definition) is 3. The van der Waals surface area contributed by atoms with Crippen LogP contribution in [0.3, 0.4) is 0 Å². The molecule has 0 aliphatic carbocycles. The Kier molecular flexibility index (Phi) is 4.55. The monoisotopic (exact) mass is 213 g/mol. The summed E-state index contributed by atoms with van der Waals surface area (Å²) in [6.45, 7) is 6.10. The Morgan fingerprint density at radius 2 is 2.27 bits per heavy atom. The fourth-order valence-electron chi connectivity index (χ4n) is 1.39. The molecule has 0 unspecified atom stereocenters. The van der Waals surface area contributed by atoms with Gasteiger partial charge in [-0.1, -0.05) is 13.8 Å². The molecule has 1 aliphatic rings. The Balaban J connectivity index is 2.27. The topological polar surface area (TPSA) is 70.2 Å². The molecule has 0 aromatic carbocycles. The average Bonchev–Trinajstić information content (AvgIpc) is 2.18. The van der Waals surface area contributed by atoms with E-state index >= 15 is 0 Å². The van der Waals surface area contributed by atoms with Crippen LogP contribution in [-0.2, 0) is 9.59 Å². The molecule has 1 saturated heterocycles. The first-order chi connectivity index (χ1) is 7.09. The van der Waals surface area contributed by atoms with Crippen LogP contribution in [0.4, 0.5) is 0 Å². The number of rotatable bonds is 4. The maximum atomic E-state index is 11.4. The van der Waals surface area contributed by atoms with Crippen LogP contribution in [0.25, 0.3) is 0 Å². The lowest BCUT2D eigenvalue weighted by atomic mass is 10.1. The van der Waals surface area contributed by atoms with Crippen molar-refractivity contribution < 1.29 is 9.59 Å². The van der Waals surface area contributed by atoms with Gasteiger partial charge in [-0.15, -0.1) is 0 Å². The first kappa shape index (κ1) is 12.0. The van der Waals surface area contributed by atoms with Crippen LogP contribution in [-0.4, -0.2) is 37.5 Å². The van der Waals surface area contributed by atoms with Crippen molar-refractivity contribution in [2.24, 2.45) is 5.92 Å². The van der Waals surface area contributed by atoms with E-state index in [1.807, 2.05) is 13.8 Å². The highest BCUT2D eigenvalue weighted by molar-refractivity contribution is 5.88. The molecule has 0 aromatic rings. The van der Waals surface area contributed by atoms with Gasteiger partial charge in [-0.25, -0.2) is 0 Å². The van der Waals surface area contributed by atoms with Gasteiger partial charge in [0.25, 0.3) is 0 Å². The van der Waals surface area contributed by atoms with Crippen molar-refractivity contribution in [1.82, 2.24) is 16.0 Å². The third kappa shape index (κ3) is 4.29. The predicted octanol–water partition coefficient (Wildman–Crippen LogP) is -0.763. The zero-order chi connectivity index (χ0) is 11.3. The minimum Gasteiger partial charge on any atom is -0.356 e. The Hall–Kier alpha value is -1.10. The van der Waals surface area contributed by atoms with Crippen LogP contribution in [0.15, 0.2) is 0 Å². The van der Waals surface area contributed by atoms with E-state index in [1.165, 1.54) is 0 Å². The van der Waals surface area contributed by atoms with E-state index in [-0.39, 0.29) is 24.3 Å². The van der Waals surface area contributed by atoms with Gasteiger partial charge >= 0.3 is 0 Å². The van der Waals surface area contributed by atoms with E-state index in [0.29, 0.717) is 19.0 Å². The molecule has 86 valence electrons. The highest BCUT2D eigenvalue weighted by Gasteiger charge is 2.23. The van der Waals surface area contributed by atoms with Crippen molar-refractivity contribution in [3.63, 3.8) is 0 Å². The van der Waals surface area contributed by atoms with Gasteiger partial charge in [0.1, 0.15) is 0 Å². The van der Waals surface area contributed by atoms with Crippen LogP contribution in [0, 0.1) is 5.92 Å². The van der Waals surface area contributed by atoms with E-state index in [4.69, 9.17) is 0 Å². The average molecular weight is 213 g/mol. The highest BCUT2D eigenvalue weighted by atomic mass is 16.2. The molecule has 1 aliphatic heterocycles. The molecule has 0 bridgehead atoms. The van der Waals surface area contributed by atoms with Gasteiger partial charge in [0.2, 0.25) is 11.8 Å². The summed E-state index contributed by atoms with van der Waals surface area (Å²) < 4.78 is 0. The number of piperazine rings is 1. The Morgan fingerprint density at radius 1 is 1.53 bits per heavy atom. The predicted molar refractivity (Wildman–Crippen MR) is 57.3 cm³/mol. The molecule has 3 N–H and O–H groups in total. The molecule has 15 heavy (non-hydrogen) atoms. The van der Waals surface area contributed by atoms with Gasteiger partial charge in [-0.05, 0) is 5.92 Å². The van der Waals surface area contributed by atoms with Gasteiger partial charge in [-0.3, -0.25) is 9.59 Å². The SMILES string of the molecule is CC(C)CNC(=O)C[C@@H]1NCCNC1=O. The second kappa shape index (κ2) is 5.70. The summed E-state index contributed by atoms with van der Waals surface area (Å²) in [5.41, 5.74) is 0. The van der Waals surface area contributed by atoms with Crippen LogP contribution in [0.2, 0.25) is 0 Å². The Bertz CT molecular complexity index is 241. The molecule has 2 amide bonds. The molecule has 1 rings (SSSR count). The Labute approximate surface area is 90.0 Å². The summed E-state index contributed by atoms with van der Waals surface area (Å²) >= 11 is 0. The second-order valence-corrected chi connectivity index (χ2v) is 4.20. The summed E-state index contributed by atoms with van der Waals surface area (Å²) in [6.07, 6.45) is 0.221. The van der Waals surface area contributed by atoms with Gasteiger partial charge in [0.05, 0.1) is 12.5 Å². The number of carbonyl (C=O) groups excluding carboxylic acids is 2. The largest absolute Gasteiger partial charge is 0.356 e. The van der Waals surface area contributed by atoms with Crippen LogP contribution in [0.1, 0.15) is 20.3 Å². The van der Waals surface area contributed by atoms with E-state index in [1.54, 1.807) is 0 Å². The minimum atomic E-state index is -0.370. The maximum Gasteiger partial charge on any atom is 0.237 e. The molecule has 1 heterocycles. The normalized spacial score (nSPS) is 21.3. The summed E-state index contributed by atoms with van der Waals surface area (Å²) in [4.78, 5) is 22.7. The summed E-state index contributed by atoms with van der Waals surface area (Å²) in [6, 6.07) is -0.370. The zero-order valence-corrected chi connectivity index (χ0v) is 9.30. The van der Waals surface area contributed by atoms with Crippen molar-refractivity contribution in [3.05, 3.63) is 0 Å². The summed E-state index contributed by atoms with van der Waals surface area (Å²) in [5, 5.41) is 8.53. The van der Waals surface area contributed by atoms with Crippen molar-refractivity contribution in [2.75, 3.05) is 19.6 Å².